The minimum atomic E-state index is 0.301. The monoisotopic (exact) mass is 297 g/mol. The van der Waals surface area contributed by atoms with Crippen molar-refractivity contribution in [3.63, 3.8) is 0 Å². The zero-order valence-corrected chi connectivity index (χ0v) is 13.2. The molecule has 2 rings (SSSR count). The number of nitrogens with zero attached hydrogens (tertiary/aromatic N) is 2. The third kappa shape index (κ3) is 3.19. The topological polar surface area (TPSA) is 29.9 Å². The van der Waals surface area contributed by atoms with Crippen molar-refractivity contribution >= 4 is 22.9 Å². The van der Waals surface area contributed by atoms with Crippen LogP contribution in [0, 0.1) is 6.92 Å². The molecule has 0 aliphatic rings. The van der Waals surface area contributed by atoms with E-state index < -0.39 is 0 Å². The molecule has 1 unspecified atom stereocenters. The van der Waals surface area contributed by atoms with Gasteiger partial charge in [-0.1, -0.05) is 18.5 Å². The fourth-order valence-electron chi connectivity index (χ4n) is 2.28. The van der Waals surface area contributed by atoms with E-state index in [0.717, 1.165) is 35.9 Å². The molecule has 0 saturated carbocycles. The van der Waals surface area contributed by atoms with Gasteiger partial charge in [-0.25, -0.2) is 0 Å². The number of halogens is 1. The molecule has 3 nitrogen and oxygen atoms in total. The standard InChI is InChI=1S/C14H20ClN3S/c1-4-16-12(11-6-7-19-9-11)8-13-14(15)10(3)17-18(13)5-2/h6-7,9,12,16H,4-5,8H2,1-3H3. The zero-order valence-electron chi connectivity index (χ0n) is 11.6. The molecule has 19 heavy (non-hydrogen) atoms. The normalized spacial score (nSPS) is 12.8. The highest BCUT2D eigenvalue weighted by molar-refractivity contribution is 7.07. The van der Waals surface area contributed by atoms with Crippen LogP contribution < -0.4 is 5.32 Å². The number of nitrogens with one attached hydrogen (secondary N) is 1. The molecule has 0 bridgehead atoms. The van der Waals surface area contributed by atoms with E-state index in [1.165, 1.54) is 5.56 Å². The van der Waals surface area contributed by atoms with Gasteiger partial charge >= 0.3 is 0 Å². The van der Waals surface area contributed by atoms with Crippen LogP contribution in [-0.4, -0.2) is 16.3 Å². The van der Waals surface area contributed by atoms with Gasteiger partial charge in [0, 0.05) is 19.0 Å². The van der Waals surface area contributed by atoms with Crippen molar-refractivity contribution in [2.24, 2.45) is 0 Å². The van der Waals surface area contributed by atoms with E-state index in [1.807, 2.05) is 11.6 Å². The molecule has 5 heteroatoms. The Hall–Kier alpha value is -0.840. The number of likely N-dealkylation sites (N-methyl/N-ethyl adjacent to an activating group) is 1. The van der Waals surface area contributed by atoms with Gasteiger partial charge in [-0.2, -0.15) is 16.4 Å². The second kappa shape index (κ2) is 6.55. The first-order valence-electron chi connectivity index (χ1n) is 6.64. The van der Waals surface area contributed by atoms with Crippen LogP contribution in [0.5, 0.6) is 0 Å². The molecular formula is C14H20ClN3S. The van der Waals surface area contributed by atoms with E-state index >= 15 is 0 Å². The minimum absolute atomic E-state index is 0.301. The summed E-state index contributed by atoms with van der Waals surface area (Å²) in [7, 11) is 0. The predicted octanol–water partition coefficient (Wildman–Crippen LogP) is 3.82. The van der Waals surface area contributed by atoms with Gasteiger partial charge in [-0.15, -0.1) is 0 Å². The number of hydrogen-bond donors (Lipinski definition) is 1. The fraction of sp³-hybridized carbons (Fsp3) is 0.500. The second-order valence-electron chi connectivity index (χ2n) is 4.53. The van der Waals surface area contributed by atoms with Gasteiger partial charge in [-0.05, 0) is 42.8 Å². The largest absolute Gasteiger partial charge is 0.310 e. The molecule has 104 valence electrons. The Labute approximate surface area is 123 Å². The molecule has 2 aromatic heterocycles. The fourth-order valence-corrected chi connectivity index (χ4v) is 3.21. The summed E-state index contributed by atoms with van der Waals surface area (Å²) in [5.41, 5.74) is 3.36. The van der Waals surface area contributed by atoms with Gasteiger partial charge in [0.1, 0.15) is 0 Å². The highest BCUT2D eigenvalue weighted by atomic mass is 35.5. The summed E-state index contributed by atoms with van der Waals surface area (Å²) in [6.45, 7) is 7.98. The third-order valence-electron chi connectivity index (χ3n) is 3.25. The van der Waals surface area contributed by atoms with Crippen molar-refractivity contribution < 1.29 is 0 Å². The Morgan fingerprint density at radius 2 is 2.26 bits per heavy atom. The summed E-state index contributed by atoms with van der Waals surface area (Å²) in [4.78, 5) is 0. The Kier molecular flexibility index (Phi) is 5.02. The zero-order chi connectivity index (χ0) is 13.8. The van der Waals surface area contributed by atoms with E-state index in [1.54, 1.807) is 11.3 Å². The predicted molar refractivity (Wildman–Crippen MR) is 82.1 cm³/mol. The average Bonchev–Trinajstić information content (AvgIpc) is 3.01. The molecule has 0 amide bonds. The SMILES string of the molecule is CCNC(Cc1c(Cl)c(C)nn1CC)c1ccsc1. The molecule has 2 aromatic rings. The lowest BCUT2D eigenvalue weighted by Gasteiger charge is -2.17. The Morgan fingerprint density at radius 1 is 1.47 bits per heavy atom. The summed E-state index contributed by atoms with van der Waals surface area (Å²) < 4.78 is 2.01. The Balaban J connectivity index is 2.27. The lowest BCUT2D eigenvalue weighted by atomic mass is 10.0. The van der Waals surface area contributed by atoms with Crippen LogP contribution in [0.4, 0.5) is 0 Å². The van der Waals surface area contributed by atoms with Crippen LogP contribution in [0.25, 0.3) is 0 Å². The average molecular weight is 298 g/mol. The lowest BCUT2D eigenvalue weighted by molar-refractivity contribution is 0.517. The maximum Gasteiger partial charge on any atom is 0.0847 e. The maximum absolute atomic E-state index is 6.39. The van der Waals surface area contributed by atoms with E-state index in [0.29, 0.717) is 6.04 Å². The molecule has 0 radical (unpaired) electrons. The summed E-state index contributed by atoms with van der Waals surface area (Å²) >= 11 is 8.12. The van der Waals surface area contributed by atoms with Crippen LogP contribution in [0.2, 0.25) is 5.02 Å². The summed E-state index contributed by atoms with van der Waals surface area (Å²) in [6, 6.07) is 2.47. The number of aromatic nitrogens is 2. The summed E-state index contributed by atoms with van der Waals surface area (Å²) in [5, 5.41) is 13.1. The van der Waals surface area contributed by atoms with Gasteiger partial charge < -0.3 is 5.32 Å². The van der Waals surface area contributed by atoms with Crippen LogP contribution in [0.3, 0.4) is 0 Å². The van der Waals surface area contributed by atoms with Crippen LogP contribution in [0.15, 0.2) is 16.8 Å². The molecule has 0 fully saturated rings. The summed E-state index contributed by atoms with van der Waals surface area (Å²) in [6.07, 6.45) is 0.873. The molecule has 1 N–H and O–H groups in total. The molecular weight excluding hydrogens is 278 g/mol. The van der Waals surface area contributed by atoms with Crippen molar-refractivity contribution in [3.05, 3.63) is 38.8 Å². The Bertz CT molecular complexity index is 519. The quantitative estimate of drug-likeness (QED) is 0.878. The second-order valence-corrected chi connectivity index (χ2v) is 5.69. The first-order chi connectivity index (χ1) is 9.17. The smallest absolute Gasteiger partial charge is 0.0847 e. The number of aryl methyl sites for hydroxylation is 2. The van der Waals surface area contributed by atoms with Crippen molar-refractivity contribution in [1.82, 2.24) is 15.1 Å². The molecule has 0 aromatic carbocycles. The van der Waals surface area contributed by atoms with E-state index in [4.69, 9.17) is 11.6 Å². The third-order valence-corrected chi connectivity index (χ3v) is 4.44. The van der Waals surface area contributed by atoms with Crippen LogP contribution >= 0.6 is 22.9 Å². The molecule has 0 saturated heterocycles. The van der Waals surface area contributed by atoms with E-state index in [9.17, 15) is 0 Å². The van der Waals surface area contributed by atoms with Crippen molar-refractivity contribution in [2.45, 2.75) is 39.8 Å². The van der Waals surface area contributed by atoms with Crippen molar-refractivity contribution in [1.29, 1.82) is 0 Å². The highest BCUT2D eigenvalue weighted by Crippen LogP contribution is 2.27. The first kappa shape index (κ1) is 14.6. The van der Waals surface area contributed by atoms with E-state index in [-0.39, 0.29) is 0 Å². The number of thiophene rings is 1. The van der Waals surface area contributed by atoms with Gasteiger partial charge in [-0.3, -0.25) is 4.68 Å². The van der Waals surface area contributed by atoms with Crippen molar-refractivity contribution in [3.8, 4) is 0 Å². The van der Waals surface area contributed by atoms with Gasteiger partial charge in [0.15, 0.2) is 0 Å². The summed E-state index contributed by atoms with van der Waals surface area (Å²) in [5.74, 6) is 0. The van der Waals surface area contributed by atoms with Gasteiger partial charge in [0.25, 0.3) is 0 Å². The first-order valence-corrected chi connectivity index (χ1v) is 7.96. The van der Waals surface area contributed by atoms with Crippen molar-refractivity contribution in [2.75, 3.05) is 6.54 Å². The van der Waals surface area contributed by atoms with Crippen LogP contribution in [0.1, 0.15) is 36.8 Å². The van der Waals surface area contributed by atoms with Crippen LogP contribution in [-0.2, 0) is 13.0 Å². The molecule has 2 heterocycles. The van der Waals surface area contributed by atoms with Gasteiger partial charge in [0.05, 0.1) is 16.4 Å². The minimum Gasteiger partial charge on any atom is -0.310 e. The molecule has 0 aliphatic carbocycles. The van der Waals surface area contributed by atoms with E-state index in [2.05, 4.69) is 41.1 Å². The number of hydrogen-bond acceptors (Lipinski definition) is 3. The number of rotatable bonds is 6. The van der Waals surface area contributed by atoms with Gasteiger partial charge in [0.2, 0.25) is 0 Å². The molecule has 0 spiro atoms. The Morgan fingerprint density at radius 3 is 2.84 bits per heavy atom. The molecule has 1 atom stereocenters. The lowest BCUT2D eigenvalue weighted by Crippen LogP contribution is -2.23. The maximum atomic E-state index is 6.39. The highest BCUT2D eigenvalue weighted by Gasteiger charge is 2.18. The molecule has 0 aliphatic heterocycles.